The largest absolute Gasteiger partial charge is 0.395 e. The van der Waals surface area contributed by atoms with E-state index in [9.17, 15) is 5.11 Å². The molecule has 0 spiro atoms. The van der Waals surface area contributed by atoms with Crippen molar-refractivity contribution in [1.29, 1.82) is 0 Å². The van der Waals surface area contributed by atoms with Crippen molar-refractivity contribution in [1.82, 2.24) is 10.2 Å². The highest BCUT2D eigenvalue weighted by molar-refractivity contribution is 5.83. The van der Waals surface area contributed by atoms with Crippen molar-refractivity contribution in [2.24, 2.45) is 5.73 Å². The summed E-state index contributed by atoms with van der Waals surface area (Å²) in [5, 5.41) is 12.7. The van der Waals surface area contributed by atoms with Gasteiger partial charge in [0.15, 0.2) is 0 Å². The molecule has 3 rings (SSSR count). The van der Waals surface area contributed by atoms with Crippen molar-refractivity contribution in [3.63, 3.8) is 0 Å². The van der Waals surface area contributed by atoms with Crippen LogP contribution in [-0.2, 0) is 0 Å². The van der Waals surface area contributed by atoms with Crippen molar-refractivity contribution >= 4 is 5.57 Å². The zero-order valence-electron chi connectivity index (χ0n) is 12.0. The molecule has 1 fully saturated rings. The Labute approximate surface area is 125 Å². The summed E-state index contributed by atoms with van der Waals surface area (Å²) in [7, 11) is 0. The second kappa shape index (κ2) is 6.16. The Kier molecular flexibility index (Phi) is 4.08. The van der Waals surface area contributed by atoms with Crippen LogP contribution in [0.2, 0.25) is 0 Å². The van der Waals surface area contributed by atoms with Gasteiger partial charge in [0.1, 0.15) is 5.82 Å². The van der Waals surface area contributed by atoms with Crippen molar-refractivity contribution in [3.05, 3.63) is 65.5 Å². The summed E-state index contributed by atoms with van der Waals surface area (Å²) in [6, 6.07) is 10.2. The molecule has 4 nitrogen and oxygen atoms in total. The molecule has 1 aliphatic heterocycles. The fourth-order valence-electron chi connectivity index (χ4n) is 2.93. The fraction of sp³-hybridized carbons (Fsp3) is 0.294. The van der Waals surface area contributed by atoms with Gasteiger partial charge in [-0.25, -0.2) is 0 Å². The number of nitrogens with two attached hydrogens (primary N) is 1. The smallest absolute Gasteiger partial charge is 0.107 e. The zero-order valence-corrected chi connectivity index (χ0v) is 12.0. The average molecular weight is 283 g/mol. The summed E-state index contributed by atoms with van der Waals surface area (Å²) in [4.78, 5) is 2.17. The first-order valence-electron chi connectivity index (χ1n) is 7.35. The topological polar surface area (TPSA) is 61.5 Å². The predicted molar refractivity (Wildman–Crippen MR) is 85.2 cm³/mol. The first-order chi connectivity index (χ1) is 10.3. The van der Waals surface area contributed by atoms with E-state index in [0.29, 0.717) is 6.54 Å². The van der Waals surface area contributed by atoms with Gasteiger partial charge in [-0.1, -0.05) is 48.6 Å². The number of benzene rings is 1. The molecule has 1 unspecified atom stereocenters. The lowest BCUT2D eigenvalue weighted by atomic mass is 9.89. The van der Waals surface area contributed by atoms with E-state index in [2.05, 4.69) is 28.4 Å². The summed E-state index contributed by atoms with van der Waals surface area (Å²) in [6.07, 6.45) is 6.13. The third kappa shape index (κ3) is 2.73. The van der Waals surface area contributed by atoms with Gasteiger partial charge in [-0.15, -0.1) is 0 Å². The van der Waals surface area contributed by atoms with E-state index in [1.807, 2.05) is 30.4 Å². The van der Waals surface area contributed by atoms with Gasteiger partial charge in [0.05, 0.1) is 12.6 Å². The van der Waals surface area contributed by atoms with Gasteiger partial charge in [0.25, 0.3) is 0 Å². The number of allylic oxidation sites excluding steroid dienone is 2. The highest BCUT2D eigenvalue weighted by Gasteiger charge is 2.26. The van der Waals surface area contributed by atoms with E-state index >= 15 is 0 Å². The molecule has 0 saturated carbocycles. The second-order valence-corrected chi connectivity index (χ2v) is 5.26. The van der Waals surface area contributed by atoms with Crippen LogP contribution in [0.4, 0.5) is 0 Å². The standard InChI is InChI=1S/C17H21N3O/c18-15-8-4-7-14(13-5-2-1-3-6-13)16(15)17-19-9-10-20(17)11-12-21/h1-8,15,19,21H,9-12,18H2. The number of nitrogens with zero attached hydrogens (tertiary/aromatic N) is 1. The minimum atomic E-state index is -0.132. The first-order valence-corrected chi connectivity index (χ1v) is 7.35. The van der Waals surface area contributed by atoms with Crippen molar-refractivity contribution < 1.29 is 5.11 Å². The first kappa shape index (κ1) is 13.9. The van der Waals surface area contributed by atoms with Crippen LogP contribution in [0.25, 0.3) is 5.57 Å². The van der Waals surface area contributed by atoms with E-state index in [1.165, 1.54) is 0 Å². The lowest BCUT2D eigenvalue weighted by molar-refractivity contribution is 0.239. The molecule has 1 aromatic rings. The minimum Gasteiger partial charge on any atom is -0.395 e. The Morgan fingerprint density at radius 3 is 2.86 bits per heavy atom. The average Bonchev–Trinajstić information content (AvgIpc) is 2.96. The molecule has 1 saturated heterocycles. The van der Waals surface area contributed by atoms with Crippen LogP contribution in [0.15, 0.2) is 60.0 Å². The number of hydrogen-bond donors (Lipinski definition) is 3. The van der Waals surface area contributed by atoms with Gasteiger partial charge >= 0.3 is 0 Å². The lowest BCUT2D eigenvalue weighted by Gasteiger charge is -2.27. The van der Waals surface area contributed by atoms with Crippen molar-refractivity contribution in [3.8, 4) is 0 Å². The van der Waals surface area contributed by atoms with Crippen molar-refractivity contribution in [2.75, 3.05) is 26.2 Å². The molecule has 4 heteroatoms. The molecule has 110 valence electrons. The number of aliphatic hydroxyl groups excluding tert-OH is 1. The Hall–Kier alpha value is -2.04. The van der Waals surface area contributed by atoms with E-state index < -0.39 is 0 Å². The zero-order chi connectivity index (χ0) is 14.7. The summed E-state index contributed by atoms with van der Waals surface area (Å²) >= 11 is 0. The quantitative estimate of drug-likeness (QED) is 0.777. The highest BCUT2D eigenvalue weighted by Crippen LogP contribution is 2.32. The Morgan fingerprint density at radius 2 is 2.10 bits per heavy atom. The SMILES string of the molecule is NC1C=CC=C(c2ccccc2)C1=C1NCCN1CCO. The maximum absolute atomic E-state index is 9.24. The van der Waals surface area contributed by atoms with E-state index in [1.54, 1.807) is 0 Å². The van der Waals surface area contributed by atoms with Gasteiger partial charge in [0.2, 0.25) is 0 Å². The summed E-state index contributed by atoms with van der Waals surface area (Å²) < 4.78 is 0. The van der Waals surface area contributed by atoms with Gasteiger partial charge in [-0.3, -0.25) is 0 Å². The van der Waals surface area contributed by atoms with Crippen LogP contribution in [0.3, 0.4) is 0 Å². The Balaban J connectivity index is 2.05. The summed E-state index contributed by atoms with van der Waals surface area (Å²) in [6.45, 7) is 2.56. The van der Waals surface area contributed by atoms with E-state index in [0.717, 1.165) is 35.6 Å². The second-order valence-electron chi connectivity index (χ2n) is 5.26. The molecule has 4 N–H and O–H groups in total. The number of hydrogen-bond acceptors (Lipinski definition) is 4. The van der Waals surface area contributed by atoms with Crippen LogP contribution in [0, 0.1) is 0 Å². The molecule has 0 amide bonds. The van der Waals surface area contributed by atoms with Crippen LogP contribution >= 0.6 is 0 Å². The molecule has 0 radical (unpaired) electrons. The van der Waals surface area contributed by atoms with Gasteiger partial charge in [0, 0.05) is 25.2 Å². The molecule has 21 heavy (non-hydrogen) atoms. The number of aliphatic hydroxyl groups is 1. The van der Waals surface area contributed by atoms with Gasteiger partial charge in [-0.2, -0.15) is 0 Å². The molecule has 0 aromatic heterocycles. The van der Waals surface area contributed by atoms with Crippen LogP contribution in [-0.4, -0.2) is 42.3 Å². The molecular formula is C17H21N3O. The minimum absolute atomic E-state index is 0.132. The Bertz CT molecular complexity index is 589. The Morgan fingerprint density at radius 1 is 1.29 bits per heavy atom. The molecule has 1 aliphatic carbocycles. The van der Waals surface area contributed by atoms with Crippen LogP contribution in [0.5, 0.6) is 0 Å². The third-order valence-corrected chi connectivity index (χ3v) is 3.91. The highest BCUT2D eigenvalue weighted by atomic mass is 16.3. The molecule has 2 aliphatic rings. The normalized spacial score (nSPS) is 25.0. The van der Waals surface area contributed by atoms with Crippen LogP contribution < -0.4 is 11.1 Å². The molecular weight excluding hydrogens is 262 g/mol. The molecule has 0 bridgehead atoms. The monoisotopic (exact) mass is 283 g/mol. The van der Waals surface area contributed by atoms with E-state index in [-0.39, 0.29) is 12.6 Å². The molecule has 1 atom stereocenters. The maximum Gasteiger partial charge on any atom is 0.107 e. The fourth-order valence-corrected chi connectivity index (χ4v) is 2.93. The lowest BCUT2D eigenvalue weighted by Crippen LogP contribution is -2.32. The summed E-state index contributed by atoms with van der Waals surface area (Å²) in [5.41, 5.74) is 9.75. The number of nitrogens with one attached hydrogen (secondary N) is 1. The summed E-state index contributed by atoms with van der Waals surface area (Å²) in [5.74, 6) is 1.05. The number of β-amino-alcohol motifs (C(OH)–C–C–N with tert-alkyl or cyclic N) is 1. The molecule has 1 aromatic carbocycles. The third-order valence-electron chi connectivity index (χ3n) is 3.91. The maximum atomic E-state index is 9.24. The van der Waals surface area contributed by atoms with Crippen molar-refractivity contribution in [2.45, 2.75) is 6.04 Å². The van der Waals surface area contributed by atoms with E-state index in [4.69, 9.17) is 5.73 Å². The van der Waals surface area contributed by atoms with Crippen LogP contribution in [0.1, 0.15) is 5.56 Å². The number of rotatable bonds is 3. The van der Waals surface area contributed by atoms with Gasteiger partial charge < -0.3 is 21.1 Å². The predicted octanol–water partition coefficient (Wildman–Crippen LogP) is 1.08. The molecule has 1 heterocycles. The van der Waals surface area contributed by atoms with Gasteiger partial charge in [-0.05, 0) is 11.1 Å².